The molecule has 0 spiro atoms. The topological polar surface area (TPSA) is 52.5 Å². The molecule has 2 aromatic carbocycles. The second-order valence-electron chi connectivity index (χ2n) is 7.18. The SMILES string of the molecule is Cc1ccc(C2CC2C(=NC2(C(=O)[O-])CC2)c2ccc(F)cc2)cc1. The minimum absolute atomic E-state index is 0.171. The average molecular weight is 336 g/mol. The van der Waals surface area contributed by atoms with E-state index < -0.39 is 11.5 Å². The molecular formula is C21H19FNO2-. The van der Waals surface area contributed by atoms with E-state index in [1.54, 1.807) is 12.1 Å². The van der Waals surface area contributed by atoms with Gasteiger partial charge in [-0.3, -0.25) is 4.99 Å². The molecule has 0 heterocycles. The summed E-state index contributed by atoms with van der Waals surface area (Å²) in [4.78, 5) is 16.1. The fourth-order valence-corrected chi connectivity index (χ4v) is 3.37. The van der Waals surface area contributed by atoms with E-state index in [0.29, 0.717) is 18.8 Å². The minimum atomic E-state index is -1.11. The van der Waals surface area contributed by atoms with Gasteiger partial charge in [-0.15, -0.1) is 0 Å². The number of carbonyl (C=O) groups excluding carboxylic acids is 1. The van der Waals surface area contributed by atoms with Crippen molar-refractivity contribution in [1.82, 2.24) is 0 Å². The quantitative estimate of drug-likeness (QED) is 0.788. The highest BCUT2D eigenvalue weighted by atomic mass is 19.1. The molecule has 0 amide bonds. The fourth-order valence-electron chi connectivity index (χ4n) is 3.37. The van der Waals surface area contributed by atoms with Crippen LogP contribution < -0.4 is 5.11 Å². The van der Waals surface area contributed by atoms with Crippen molar-refractivity contribution in [2.45, 2.75) is 37.6 Å². The van der Waals surface area contributed by atoms with Crippen LogP contribution in [0.2, 0.25) is 0 Å². The summed E-state index contributed by atoms with van der Waals surface area (Å²) in [6.07, 6.45) is 1.96. The number of aliphatic carboxylic acids is 1. The zero-order valence-electron chi connectivity index (χ0n) is 14.0. The number of rotatable bonds is 5. The van der Waals surface area contributed by atoms with E-state index in [-0.39, 0.29) is 11.7 Å². The number of nitrogens with zero attached hydrogens (tertiary/aromatic N) is 1. The normalized spacial score (nSPS) is 24.0. The Kier molecular flexibility index (Phi) is 3.71. The van der Waals surface area contributed by atoms with Crippen molar-refractivity contribution >= 4 is 11.7 Å². The Hall–Kier alpha value is -2.49. The number of aliphatic imine (C=N–C) groups is 1. The highest BCUT2D eigenvalue weighted by molar-refractivity contribution is 6.06. The van der Waals surface area contributed by atoms with Gasteiger partial charge in [0.2, 0.25) is 0 Å². The highest BCUT2D eigenvalue weighted by Gasteiger charge is 2.48. The van der Waals surface area contributed by atoms with E-state index in [1.807, 2.05) is 0 Å². The van der Waals surface area contributed by atoms with E-state index in [2.05, 4.69) is 36.2 Å². The predicted octanol–water partition coefficient (Wildman–Crippen LogP) is 3.01. The minimum Gasteiger partial charge on any atom is -0.547 e. The number of carbonyl (C=O) groups is 1. The van der Waals surface area contributed by atoms with Crippen LogP contribution in [0.1, 0.15) is 41.9 Å². The second-order valence-corrected chi connectivity index (χ2v) is 7.18. The van der Waals surface area contributed by atoms with Gasteiger partial charge < -0.3 is 9.90 Å². The molecule has 2 aliphatic carbocycles. The third-order valence-electron chi connectivity index (χ3n) is 5.23. The molecule has 2 unspecified atom stereocenters. The number of benzene rings is 2. The van der Waals surface area contributed by atoms with Crippen molar-refractivity contribution in [2.24, 2.45) is 10.9 Å². The molecule has 0 saturated heterocycles. The van der Waals surface area contributed by atoms with Gasteiger partial charge in [0.1, 0.15) is 11.4 Å². The standard InChI is InChI=1S/C21H20FNO2/c1-13-2-4-14(5-3-13)17-12-18(17)19(15-6-8-16(22)9-7-15)23-21(10-11-21)20(24)25/h2-9,17-18H,10-12H2,1H3,(H,24,25)/p-1. The number of hydrogen-bond donors (Lipinski definition) is 0. The van der Waals surface area contributed by atoms with Crippen molar-refractivity contribution in [2.75, 3.05) is 0 Å². The van der Waals surface area contributed by atoms with Gasteiger partial charge in [0.05, 0.1) is 5.97 Å². The van der Waals surface area contributed by atoms with Crippen LogP contribution in [0.5, 0.6) is 0 Å². The molecule has 4 heteroatoms. The summed E-state index contributed by atoms with van der Waals surface area (Å²) in [5, 5.41) is 11.5. The maximum absolute atomic E-state index is 13.3. The lowest BCUT2D eigenvalue weighted by Crippen LogP contribution is -2.37. The molecule has 2 aromatic rings. The van der Waals surface area contributed by atoms with Crippen molar-refractivity contribution in [3.63, 3.8) is 0 Å². The predicted molar refractivity (Wildman–Crippen MR) is 91.9 cm³/mol. The van der Waals surface area contributed by atoms with Crippen molar-refractivity contribution in [3.05, 3.63) is 71.0 Å². The van der Waals surface area contributed by atoms with E-state index >= 15 is 0 Å². The summed E-state index contributed by atoms with van der Waals surface area (Å²) < 4.78 is 13.3. The number of aryl methyl sites for hydroxylation is 1. The maximum Gasteiger partial charge on any atom is 0.123 e. The summed E-state index contributed by atoms with van der Waals surface area (Å²) in [6.45, 7) is 2.05. The fraction of sp³-hybridized carbons (Fsp3) is 0.333. The molecule has 0 aliphatic heterocycles. The number of carboxylic acids is 1. The molecule has 128 valence electrons. The van der Waals surface area contributed by atoms with Crippen LogP contribution in [-0.4, -0.2) is 17.2 Å². The maximum atomic E-state index is 13.3. The number of hydrogen-bond acceptors (Lipinski definition) is 3. The lowest BCUT2D eigenvalue weighted by molar-refractivity contribution is -0.308. The van der Waals surface area contributed by atoms with Crippen molar-refractivity contribution in [3.8, 4) is 0 Å². The van der Waals surface area contributed by atoms with Crippen LogP contribution in [0.3, 0.4) is 0 Å². The molecular weight excluding hydrogens is 317 g/mol. The first-order valence-corrected chi connectivity index (χ1v) is 8.62. The Labute approximate surface area is 146 Å². The second kappa shape index (κ2) is 5.80. The average Bonchev–Trinajstić information content (AvgIpc) is 3.49. The van der Waals surface area contributed by atoms with Crippen LogP contribution in [0, 0.1) is 18.7 Å². The Morgan fingerprint density at radius 2 is 1.76 bits per heavy atom. The smallest absolute Gasteiger partial charge is 0.123 e. The summed E-state index contributed by atoms with van der Waals surface area (Å²) in [5.74, 6) is -0.915. The lowest BCUT2D eigenvalue weighted by atomic mass is 10.0. The molecule has 0 aromatic heterocycles. The molecule has 2 saturated carbocycles. The first kappa shape index (κ1) is 16.0. The van der Waals surface area contributed by atoms with Gasteiger partial charge in [0, 0.05) is 11.6 Å². The first-order valence-electron chi connectivity index (χ1n) is 8.62. The third-order valence-corrected chi connectivity index (χ3v) is 5.23. The highest BCUT2D eigenvalue weighted by Crippen LogP contribution is 2.51. The van der Waals surface area contributed by atoms with Crippen molar-refractivity contribution < 1.29 is 14.3 Å². The molecule has 0 bridgehead atoms. The Balaban J connectivity index is 1.67. The first-order chi connectivity index (χ1) is 12.0. The summed E-state index contributed by atoms with van der Waals surface area (Å²) in [7, 11) is 0. The molecule has 3 nitrogen and oxygen atoms in total. The van der Waals surface area contributed by atoms with Crippen LogP contribution in [-0.2, 0) is 4.79 Å². The Morgan fingerprint density at radius 1 is 1.12 bits per heavy atom. The number of carboxylic acid groups (broad SMARTS) is 1. The lowest BCUT2D eigenvalue weighted by Gasteiger charge is -2.15. The monoisotopic (exact) mass is 336 g/mol. The largest absolute Gasteiger partial charge is 0.547 e. The zero-order valence-corrected chi connectivity index (χ0v) is 14.0. The van der Waals surface area contributed by atoms with Crippen LogP contribution >= 0.6 is 0 Å². The van der Waals surface area contributed by atoms with Gasteiger partial charge in [-0.1, -0.05) is 42.0 Å². The number of halogens is 1. The van der Waals surface area contributed by atoms with E-state index in [4.69, 9.17) is 0 Å². The van der Waals surface area contributed by atoms with E-state index in [9.17, 15) is 14.3 Å². The van der Waals surface area contributed by atoms with Crippen LogP contribution in [0.4, 0.5) is 4.39 Å². The van der Waals surface area contributed by atoms with Gasteiger partial charge in [0.25, 0.3) is 0 Å². The summed E-state index contributed by atoms with van der Waals surface area (Å²) in [5.41, 5.74) is 2.94. The molecule has 0 radical (unpaired) electrons. The summed E-state index contributed by atoms with van der Waals surface area (Å²) >= 11 is 0. The Bertz CT molecular complexity index is 835. The molecule has 25 heavy (non-hydrogen) atoms. The molecule has 4 rings (SSSR count). The van der Waals surface area contributed by atoms with E-state index in [1.165, 1.54) is 23.3 Å². The van der Waals surface area contributed by atoms with Gasteiger partial charge >= 0.3 is 0 Å². The molecule has 0 N–H and O–H groups in total. The van der Waals surface area contributed by atoms with Crippen LogP contribution in [0.25, 0.3) is 0 Å². The van der Waals surface area contributed by atoms with Crippen molar-refractivity contribution in [1.29, 1.82) is 0 Å². The van der Waals surface area contributed by atoms with Gasteiger partial charge in [-0.2, -0.15) is 0 Å². The third kappa shape index (κ3) is 3.09. The van der Waals surface area contributed by atoms with Gasteiger partial charge in [-0.25, -0.2) is 4.39 Å². The van der Waals surface area contributed by atoms with E-state index in [0.717, 1.165) is 17.7 Å². The Morgan fingerprint density at radius 3 is 2.32 bits per heavy atom. The van der Waals surface area contributed by atoms with Crippen LogP contribution in [0.15, 0.2) is 53.5 Å². The molecule has 2 aliphatic rings. The summed E-state index contributed by atoms with van der Waals surface area (Å²) in [6, 6.07) is 14.6. The zero-order chi connectivity index (χ0) is 17.6. The molecule has 2 fully saturated rings. The molecule has 2 atom stereocenters. The van der Waals surface area contributed by atoms with Gasteiger partial charge in [0.15, 0.2) is 0 Å². The van der Waals surface area contributed by atoms with Gasteiger partial charge in [-0.05, 0) is 55.4 Å².